The van der Waals surface area contributed by atoms with Gasteiger partial charge >= 0.3 is 0 Å². The van der Waals surface area contributed by atoms with Gasteiger partial charge in [0, 0.05) is 12.2 Å². The van der Waals surface area contributed by atoms with E-state index in [1.54, 1.807) is 11.3 Å². The van der Waals surface area contributed by atoms with Crippen molar-refractivity contribution in [3.8, 4) is 0 Å². The minimum Gasteiger partial charge on any atom is -0.381 e. The van der Waals surface area contributed by atoms with Crippen LogP contribution in [0.15, 0.2) is 39.5 Å². The Morgan fingerprint density at radius 1 is 1.24 bits per heavy atom. The van der Waals surface area contributed by atoms with Crippen LogP contribution in [0.1, 0.15) is 30.9 Å². The van der Waals surface area contributed by atoms with Gasteiger partial charge in [0.25, 0.3) is 0 Å². The number of hydrogen-bond acceptors (Lipinski definition) is 2. The standard InChI is InChI=1S/C14H16BrNS/c1-10(2)12-3-5-13(6-4-12)16-8-11-7-14(15)17-9-11/h3-7,9-10,16H,8H2,1-2H3. The second-order valence-corrected chi connectivity index (χ2v) is 6.68. The molecule has 1 aromatic carbocycles. The zero-order chi connectivity index (χ0) is 12.3. The van der Waals surface area contributed by atoms with E-state index < -0.39 is 0 Å². The molecule has 0 atom stereocenters. The summed E-state index contributed by atoms with van der Waals surface area (Å²) in [5.41, 5.74) is 3.88. The van der Waals surface area contributed by atoms with E-state index in [0.717, 1.165) is 6.54 Å². The fourth-order valence-corrected chi connectivity index (χ4v) is 2.84. The monoisotopic (exact) mass is 309 g/mol. The normalized spacial score (nSPS) is 10.8. The predicted octanol–water partition coefficient (Wildman–Crippen LogP) is 5.25. The van der Waals surface area contributed by atoms with E-state index in [1.165, 1.54) is 20.6 Å². The largest absolute Gasteiger partial charge is 0.381 e. The van der Waals surface area contributed by atoms with E-state index in [2.05, 4.69) is 70.8 Å². The Hall–Kier alpha value is -0.800. The molecule has 3 heteroatoms. The van der Waals surface area contributed by atoms with Gasteiger partial charge in [-0.3, -0.25) is 0 Å². The first kappa shape index (κ1) is 12.7. The molecule has 0 spiro atoms. The van der Waals surface area contributed by atoms with Gasteiger partial charge in [-0.1, -0.05) is 26.0 Å². The summed E-state index contributed by atoms with van der Waals surface area (Å²) in [4.78, 5) is 0. The summed E-state index contributed by atoms with van der Waals surface area (Å²) in [6.07, 6.45) is 0. The van der Waals surface area contributed by atoms with Crippen LogP contribution < -0.4 is 5.32 Å². The van der Waals surface area contributed by atoms with E-state index >= 15 is 0 Å². The Morgan fingerprint density at radius 3 is 2.47 bits per heavy atom. The summed E-state index contributed by atoms with van der Waals surface area (Å²) >= 11 is 5.20. The molecule has 0 amide bonds. The Bertz CT molecular complexity index is 473. The van der Waals surface area contributed by atoms with Crippen molar-refractivity contribution in [2.24, 2.45) is 0 Å². The summed E-state index contributed by atoms with van der Waals surface area (Å²) in [6, 6.07) is 10.8. The van der Waals surface area contributed by atoms with Crippen molar-refractivity contribution in [1.29, 1.82) is 0 Å². The number of nitrogens with one attached hydrogen (secondary N) is 1. The van der Waals surface area contributed by atoms with Crippen LogP contribution >= 0.6 is 27.3 Å². The molecule has 0 aliphatic rings. The molecule has 0 saturated carbocycles. The molecule has 17 heavy (non-hydrogen) atoms. The molecular formula is C14H16BrNS. The van der Waals surface area contributed by atoms with Crippen molar-refractivity contribution in [3.05, 3.63) is 50.6 Å². The predicted molar refractivity (Wildman–Crippen MR) is 79.9 cm³/mol. The smallest absolute Gasteiger partial charge is 0.0701 e. The highest BCUT2D eigenvalue weighted by atomic mass is 79.9. The number of benzene rings is 1. The molecule has 90 valence electrons. The second kappa shape index (κ2) is 5.69. The van der Waals surface area contributed by atoms with Gasteiger partial charge in [-0.2, -0.15) is 0 Å². The number of hydrogen-bond donors (Lipinski definition) is 1. The third-order valence-electron chi connectivity index (χ3n) is 2.70. The average Bonchev–Trinajstić information content (AvgIpc) is 2.73. The molecule has 0 fully saturated rings. The van der Waals surface area contributed by atoms with Gasteiger partial charge in [0.2, 0.25) is 0 Å². The third kappa shape index (κ3) is 3.58. The average molecular weight is 310 g/mol. The van der Waals surface area contributed by atoms with Crippen molar-refractivity contribution in [1.82, 2.24) is 0 Å². The van der Waals surface area contributed by atoms with E-state index in [9.17, 15) is 0 Å². The fraction of sp³-hybridized carbons (Fsp3) is 0.286. The highest BCUT2D eigenvalue weighted by Gasteiger charge is 2.00. The van der Waals surface area contributed by atoms with Gasteiger partial charge in [-0.25, -0.2) is 0 Å². The summed E-state index contributed by atoms with van der Waals surface area (Å²) in [5.74, 6) is 0.594. The molecular weight excluding hydrogens is 294 g/mol. The van der Waals surface area contributed by atoms with Gasteiger partial charge in [0.15, 0.2) is 0 Å². The maximum absolute atomic E-state index is 3.47. The minimum absolute atomic E-state index is 0.594. The van der Waals surface area contributed by atoms with Crippen LogP contribution in [-0.2, 0) is 6.54 Å². The fourth-order valence-electron chi connectivity index (χ4n) is 1.63. The third-order valence-corrected chi connectivity index (χ3v) is 4.25. The quantitative estimate of drug-likeness (QED) is 0.813. The van der Waals surface area contributed by atoms with Crippen LogP contribution in [0.4, 0.5) is 5.69 Å². The molecule has 0 aliphatic carbocycles. The second-order valence-electron chi connectivity index (χ2n) is 4.39. The highest BCUT2D eigenvalue weighted by Crippen LogP contribution is 2.22. The lowest BCUT2D eigenvalue weighted by molar-refractivity contribution is 0.867. The van der Waals surface area contributed by atoms with Crippen LogP contribution in [0.3, 0.4) is 0 Å². The van der Waals surface area contributed by atoms with Gasteiger partial charge in [-0.05, 0) is 56.6 Å². The maximum Gasteiger partial charge on any atom is 0.0701 e. The first-order valence-electron chi connectivity index (χ1n) is 5.72. The lowest BCUT2D eigenvalue weighted by Crippen LogP contribution is -1.98. The minimum atomic E-state index is 0.594. The molecule has 2 rings (SSSR count). The Morgan fingerprint density at radius 2 is 1.94 bits per heavy atom. The molecule has 2 aromatic rings. The molecule has 0 unspecified atom stereocenters. The van der Waals surface area contributed by atoms with Crippen molar-refractivity contribution in [3.63, 3.8) is 0 Å². The summed E-state index contributed by atoms with van der Waals surface area (Å²) < 4.78 is 1.18. The van der Waals surface area contributed by atoms with Crippen molar-refractivity contribution < 1.29 is 0 Å². The molecule has 0 saturated heterocycles. The maximum atomic E-state index is 3.47. The van der Waals surface area contributed by atoms with E-state index in [0.29, 0.717) is 5.92 Å². The number of halogens is 1. The Kier molecular flexibility index (Phi) is 4.24. The van der Waals surface area contributed by atoms with Crippen LogP contribution in [0.5, 0.6) is 0 Å². The molecule has 1 aromatic heterocycles. The summed E-state index contributed by atoms with van der Waals surface area (Å²) in [5, 5.41) is 5.59. The molecule has 0 bridgehead atoms. The van der Waals surface area contributed by atoms with Gasteiger partial charge in [-0.15, -0.1) is 11.3 Å². The van der Waals surface area contributed by atoms with E-state index in [1.807, 2.05) is 0 Å². The van der Waals surface area contributed by atoms with Crippen LogP contribution in [0.25, 0.3) is 0 Å². The number of thiophene rings is 1. The molecule has 0 aliphatic heterocycles. The summed E-state index contributed by atoms with van der Waals surface area (Å²) in [7, 11) is 0. The topological polar surface area (TPSA) is 12.0 Å². The Balaban J connectivity index is 1.95. The molecule has 1 heterocycles. The van der Waals surface area contributed by atoms with Crippen molar-refractivity contribution in [2.75, 3.05) is 5.32 Å². The van der Waals surface area contributed by atoms with Gasteiger partial charge in [0.1, 0.15) is 0 Å². The first-order chi connectivity index (χ1) is 8.15. The first-order valence-corrected chi connectivity index (χ1v) is 7.39. The zero-order valence-corrected chi connectivity index (χ0v) is 12.4. The van der Waals surface area contributed by atoms with Gasteiger partial charge in [0.05, 0.1) is 3.79 Å². The number of rotatable bonds is 4. The van der Waals surface area contributed by atoms with Crippen LogP contribution in [0.2, 0.25) is 0 Å². The molecule has 0 radical (unpaired) electrons. The van der Waals surface area contributed by atoms with Crippen molar-refractivity contribution in [2.45, 2.75) is 26.3 Å². The summed E-state index contributed by atoms with van der Waals surface area (Å²) in [6.45, 7) is 5.31. The highest BCUT2D eigenvalue weighted by molar-refractivity contribution is 9.11. The lowest BCUT2D eigenvalue weighted by Gasteiger charge is -2.08. The molecule has 1 nitrogen and oxygen atoms in total. The van der Waals surface area contributed by atoms with Gasteiger partial charge < -0.3 is 5.32 Å². The van der Waals surface area contributed by atoms with Crippen molar-refractivity contribution >= 4 is 33.0 Å². The SMILES string of the molecule is CC(C)c1ccc(NCc2csc(Br)c2)cc1. The van der Waals surface area contributed by atoms with Crippen LogP contribution in [-0.4, -0.2) is 0 Å². The zero-order valence-electron chi connectivity index (χ0n) is 10.0. The molecule has 1 N–H and O–H groups in total. The Labute approximate surface area is 115 Å². The number of anilines is 1. The van der Waals surface area contributed by atoms with Crippen LogP contribution in [0, 0.1) is 0 Å². The lowest BCUT2D eigenvalue weighted by atomic mass is 10.0. The van der Waals surface area contributed by atoms with E-state index in [-0.39, 0.29) is 0 Å². The van der Waals surface area contributed by atoms with E-state index in [4.69, 9.17) is 0 Å².